The van der Waals surface area contributed by atoms with Crippen LogP contribution in [0.15, 0.2) is 11.6 Å². The molecule has 1 aliphatic carbocycles. The van der Waals surface area contributed by atoms with E-state index >= 15 is 0 Å². The van der Waals surface area contributed by atoms with Crippen LogP contribution in [0.1, 0.15) is 79.9 Å². The van der Waals surface area contributed by atoms with Crippen LogP contribution in [0.3, 0.4) is 0 Å². The lowest BCUT2D eigenvalue weighted by molar-refractivity contribution is -0.133. The zero-order valence-corrected chi connectivity index (χ0v) is 19.8. The van der Waals surface area contributed by atoms with Gasteiger partial charge < -0.3 is 15.1 Å². The molecule has 2 heterocycles. The SMILES string of the molecule is CC1CCC(C2=C(c3cc(C#CC(C)(C)C)sc3C(=O)O)CN(C(=O)CO)CC2)CC1. The van der Waals surface area contributed by atoms with Gasteiger partial charge in [0.25, 0.3) is 0 Å². The Balaban J connectivity index is 2.08. The van der Waals surface area contributed by atoms with Gasteiger partial charge in [-0.25, -0.2) is 4.79 Å². The van der Waals surface area contributed by atoms with Crippen LogP contribution in [0.5, 0.6) is 0 Å². The van der Waals surface area contributed by atoms with Gasteiger partial charge in [-0.2, -0.15) is 0 Å². The fourth-order valence-corrected chi connectivity index (χ4v) is 5.37. The normalized spacial score (nSPS) is 22.2. The summed E-state index contributed by atoms with van der Waals surface area (Å²) >= 11 is 1.21. The van der Waals surface area contributed by atoms with Gasteiger partial charge in [0.1, 0.15) is 11.5 Å². The van der Waals surface area contributed by atoms with Crippen molar-refractivity contribution in [3.63, 3.8) is 0 Å². The lowest BCUT2D eigenvalue weighted by atomic mass is 9.75. The number of rotatable bonds is 4. The van der Waals surface area contributed by atoms with E-state index in [0.29, 0.717) is 24.6 Å². The zero-order valence-electron chi connectivity index (χ0n) is 19.0. The highest BCUT2D eigenvalue weighted by Gasteiger charge is 2.32. The fourth-order valence-electron chi connectivity index (χ4n) is 4.49. The molecule has 3 rings (SSSR count). The van der Waals surface area contributed by atoms with E-state index in [2.05, 4.69) is 18.8 Å². The largest absolute Gasteiger partial charge is 0.477 e. The molecule has 1 aromatic rings. The minimum Gasteiger partial charge on any atom is -0.477 e. The first-order valence-electron chi connectivity index (χ1n) is 11.1. The number of hydrogen-bond donors (Lipinski definition) is 2. The molecule has 0 spiro atoms. The standard InChI is InChI=1S/C25H33NO4S/c1-16-5-7-17(8-6-16)19-10-12-26(22(28)15-27)14-21(19)20-13-18(9-11-25(2,3)4)31-23(20)24(29)30/h13,16-17,27H,5-8,10,12,14-15H2,1-4H3,(H,29,30). The van der Waals surface area contributed by atoms with E-state index < -0.39 is 12.6 Å². The molecule has 1 saturated carbocycles. The Labute approximate surface area is 189 Å². The molecule has 2 aliphatic rings. The van der Waals surface area contributed by atoms with E-state index in [0.717, 1.165) is 35.6 Å². The molecule has 6 heteroatoms. The van der Waals surface area contributed by atoms with Crippen molar-refractivity contribution in [2.45, 2.75) is 59.8 Å². The molecule has 0 bridgehead atoms. The maximum absolute atomic E-state index is 12.2. The first-order chi connectivity index (χ1) is 14.6. The maximum atomic E-state index is 12.2. The summed E-state index contributed by atoms with van der Waals surface area (Å²) < 4.78 is 0. The monoisotopic (exact) mass is 443 g/mol. The molecule has 1 amide bonds. The molecule has 31 heavy (non-hydrogen) atoms. The first kappa shape index (κ1) is 23.6. The minimum absolute atomic E-state index is 0.175. The Morgan fingerprint density at radius 1 is 1.23 bits per heavy atom. The summed E-state index contributed by atoms with van der Waals surface area (Å²) in [5, 5.41) is 19.3. The van der Waals surface area contributed by atoms with E-state index in [4.69, 9.17) is 0 Å². The Hall–Kier alpha value is -2.10. The Bertz CT molecular complexity index is 933. The number of thiophene rings is 1. The summed E-state index contributed by atoms with van der Waals surface area (Å²) in [6.07, 6.45) is 5.31. The molecule has 0 saturated heterocycles. The van der Waals surface area contributed by atoms with Crippen molar-refractivity contribution in [3.8, 4) is 11.8 Å². The predicted molar refractivity (Wildman–Crippen MR) is 124 cm³/mol. The van der Waals surface area contributed by atoms with Crippen LogP contribution in [0.4, 0.5) is 0 Å². The third-order valence-corrected chi connectivity index (χ3v) is 7.23. The molecule has 1 aliphatic heterocycles. The van der Waals surface area contributed by atoms with E-state index in [1.807, 2.05) is 26.8 Å². The number of hydrogen-bond acceptors (Lipinski definition) is 4. The first-order valence-corrected chi connectivity index (χ1v) is 11.9. The minimum atomic E-state index is -0.960. The van der Waals surface area contributed by atoms with E-state index in [1.165, 1.54) is 29.8 Å². The Kier molecular flexibility index (Phi) is 7.28. The molecule has 1 aromatic heterocycles. The van der Waals surface area contributed by atoms with Crippen LogP contribution in [-0.2, 0) is 4.79 Å². The van der Waals surface area contributed by atoms with Crippen molar-refractivity contribution >= 4 is 28.8 Å². The van der Waals surface area contributed by atoms with Crippen LogP contribution in [0, 0.1) is 29.1 Å². The number of carboxylic acids is 1. The molecule has 0 radical (unpaired) electrons. The van der Waals surface area contributed by atoms with Gasteiger partial charge in [0.05, 0.1) is 4.88 Å². The fraction of sp³-hybridized carbons (Fsp3) is 0.600. The number of aliphatic hydroxyl groups excluding tert-OH is 1. The molecule has 1 fully saturated rings. The summed E-state index contributed by atoms with van der Waals surface area (Å²) in [4.78, 5) is 27.0. The molecular formula is C25H33NO4S. The van der Waals surface area contributed by atoms with Crippen LogP contribution in [-0.4, -0.2) is 46.7 Å². The van der Waals surface area contributed by atoms with Crippen LogP contribution < -0.4 is 0 Å². The van der Waals surface area contributed by atoms with Crippen LogP contribution in [0.25, 0.3) is 5.57 Å². The third-order valence-electron chi connectivity index (χ3n) is 6.20. The van der Waals surface area contributed by atoms with Crippen molar-refractivity contribution in [1.29, 1.82) is 0 Å². The van der Waals surface area contributed by atoms with Crippen molar-refractivity contribution in [1.82, 2.24) is 4.90 Å². The Morgan fingerprint density at radius 3 is 2.48 bits per heavy atom. The van der Waals surface area contributed by atoms with Gasteiger partial charge in [0, 0.05) is 24.1 Å². The van der Waals surface area contributed by atoms with Gasteiger partial charge in [0.15, 0.2) is 0 Å². The summed E-state index contributed by atoms with van der Waals surface area (Å²) in [7, 11) is 0. The molecular weight excluding hydrogens is 410 g/mol. The Morgan fingerprint density at radius 2 is 1.90 bits per heavy atom. The van der Waals surface area contributed by atoms with E-state index in [9.17, 15) is 19.8 Å². The van der Waals surface area contributed by atoms with Crippen molar-refractivity contribution < 1.29 is 19.8 Å². The van der Waals surface area contributed by atoms with Crippen molar-refractivity contribution in [2.75, 3.05) is 19.7 Å². The van der Waals surface area contributed by atoms with Gasteiger partial charge in [-0.05, 0) is 63.5 Å². The summed E-state index contributed by atoms with van der Waals surface area (Å²) in [5.74, 6) is 6.23. The number of carboxylic acid groups (broad SMARTS) is 1. The van der Waals surface area contributed by atoms with Gasteiger partial charge >= 0.3 is 5.97 Å². The number of carbonyl (C=O) groups excluding carboxylic acids is 1. The third kappa shape index (κ3) is 5.78. The lowest BCUT2D eigenvalue weighted by Crippen LogP contribution is -2.39. The van der Waals surface area contributed by atoms with Gasteiger partial charge in [0.2, 0.25) is 5.91 Å². The summed E-state index contributed by atoms with van der Waals surface area (Å²) in [5.41, 5.74) is 2.76. The van der Waals surface area contributed by atoms with Gasteiger partial charge in [-0.1, -0.05) is 37.2 Å². The predicted octanol–water partition coefficient (Wildman–Crippen LogP) is 4.65. The highest BCUT2D eigenvalue weighted by atomic mass is 32.1. The topological polar surface area (TPSA) is 77.8 Å². The quantitative estimate of drug-likeness (QED) is 0.664. The lowest BCUT2D eigenvalue weighted by Gasteiger charge is -2.36. The second-order valence-corrected chi connectivity index (χ2v) is 10.9. The summed E-state index contributed by atoms with van der Waals surface area (Å²) in [6.45, 7) is 8.76. The molecule has 168 valence electrons. The number of aliphatic hydroxyl groups is 1. The smallest absolute Gasteiger partial charge is 0.346 e. The number of aromatic carboxylic acids is 1. The molecule has 0 unspecified atom stereocenters. The van der Waals surface area contributed by atoms with Crippen molar-refractivity contribution in [2.24, 2.45) is 17.3 Å². The number of carbonyl (C=O) groups is 2. The molecule has 0 aromatic carbocycles. The zero-order chi connectivity index (χ0) is 22.8. The van der Waals surface area contributed by atoms with Crippen LogP contribution in [0.2, 0.25) is 0 Å². The van der Waals surface area contributed by atoms with Crippen molar-refractivity contribution in [3.05, 3.63) is 27.0 Å². The van der Waals surface area contributed by atoms with E-state index in [1.54, 1.807) is 4.90 Å². The summed E-state index contributed by atoms with van der Waals surface area (Å²) in [6, 6.07) is 1.89. The van der Waals surface area contributed by atoms with Crippen LogP contribution >= 0.6 is 11.3 Å². The highest BCUT2D eigenvalue weighted by molar-refractivity contribution is 7.14. The average molecular weight is 444 g/mol. The highest BCUT2D eigenvalue weighted by Crippen LogP contribution is 2.42. The number of nitrogens with zero attached hydrogens (tertiary/aromatic N) is 1. The second-order valence-electron chi connectivity index (χ2n) is 9.84. The maximum Gasteiger partial charge on any atom is 0.346 e. The molecule has 0 atom stereocenters. The number of amides is 1. The second kappa shape index (κ2) is 9.58. The van der Waals surface area contributed by atoms with E-state index in [-0.39, 0.29) is 16.2 Å². The molecule has 2 N–H and O–H groups in total. The van der Waals surface area contributed by atoms with Gasteiger partial charge in [-0.15, -0.1) is 11.3 Å². The molecule has 5 nitrogen and oxygen atoms in total. The average Bonchev–Trinajstić information content (AvgIpc) is 3.16. The van der Waals surface area contributed by atoms with Gasteiger partial charge in [-0.3, -0.25) is 4.79 Å².